The molecule has 33 heavy (non-hydrogen) atoms. The van der Waals surface area contributed by atoms with E-state index in [1.54, 1.807) is 0 Å². The summed E-state index contributed by atoms with van der Waals surface area (Å²) >= 11 is 1.87. The van der Waals surface area contributed by atoms with Crippen LogP contribution in [0.4, 0.5) is 8.78 Å². The largest absolute Gasteiger partial charge is 0.207 e. The van der Waals surface area contributed by atoms with Crippen molar-refractivity contribution in [1.29, 1.82) is 0 Å². The maximum absolute atomic E-state index is 13.7. The summed E-state index contributed by atoms with van der Waals surface area (Å²) in [6.07, 6.45) is 10.1. The van der Waals surface area contributed by atoms with E-state index in [-0.39, 0.29) is 0 Å². The van der Waals surface area contributed by atoms with Crippen LogP contribution in [-0.2, 0) is 0 Å². The molecule has 0 radical (unpaired) electrons. The number of hydrogen-bond acceptors (Lipinski definition) is 1. The zero-order valence-electron chi connectivity index (χ0n) is 22.0. The van der Waals surface area contributed by atoms with Gasteiger partial charge in [-0.3, -0.25) is 0 Å². The molecule has 3 heteroatoms. The number of aryl methyl sites for hydroxylation is 1. The van der Waals surface area contributed by atoms with Crippen LogP contribution in [0.25, 0.3) is 11.1 Å². The summed E-state index contributed by atoms with van der Waals surface area (Å²) in [5.74, 6) is -0.00980. The minimum absolute atomic E-state index is 0.553. The lowest BCUT2D eigenvalue weighted by molar-refractivity contribution is 0.582. The fraction of sp³-hybridized carbons (Fsp3) is 0.467. The van der Waals surface area contributed by atoms with Gasteiger partial charge >= 0.3 is 0 Å². The zero-order valence-corrected chi connectivity index (χ0v) is 22.8. The maximum Gasteiger partial charge on any atom is 0.126 e. The van der Waals surface area contributed by atoms with E-state index < -0.39 is 11.6 Å². The fourth-order valence-electron chi connectivity index (χ4n) is 2.85. The molecule has 2 rings (SSSR count). The highest BCUT2D eigenvalue weighted by Crippen LogP contribution is 2.32. The Kier molecular flexibility index (Phi) is 17.5. The highest BCUT2D eigenvalue weighted by atomic mass is 32.2. The summed E-state index contributed by atoms with van der Waals surface area (Å²) in [7, 11) is 0. The molecule has 0 nitrogen and oxygen atoms in total. The summed E-state index contributed by atoms with van der Waals surface area (Å²) in [6, 6.07) is 10.1. The van der Waals surface area contributed by atoms with Gasteiger partial charge < -0.3 is 0 Å². The summed E-state index contributed by atoms with van der Waals surface area (Å²) in [5.41, 5.74) is 4.77. The van der Waals surface area contributed by atoms with Gasteiger partial charge in [-0.2, -0.15) is 0 Å². The average molecular weight is 475 g/mol. The molecule has 0 aliphatic carbocycles. The first kappa shape index (κ1) is 31.1. The Hall–Kier alpha value is -1.87. The van der Waals surface area contributed by atoms with E-state index in [4.69, 9.17) is 0 Å². The lowest BCUT2D eigenvalue weighted by atomic mass is 9.94. The van der Waals surface area contributed by atoms with Crippen molar-refractivity contribution in [2.45, 2.75) is 92.4 Å². The van der Waals surface area contributed by atoms with Crippen LogP contribution >= 0.6 is 11.8 Å². The molecule has 0 spiro atoms. The van der Waals surface area contributed by atoms with Gasteiger partial charge in [0.25, 0.3) is 0 Å². The minimum atomic E-state index is -0.553. The maximum atomic E-state index is 13.7. The van der Waals surface area contributed by atoms with Crippen LogP contribution in [0.3, 0.4) is 0 Å². The summed E-state index contributed by atoms with van der Waals surface area (Å²) < 4.78 is 27.4. The van der Waals surface area contributed by atoms with Crippen molar-refractivity contribution in [2.75, 3.05) is 5.75 Å². The molecular formula is C30H44F2S. The molecule has 0 aliphatic heterocycles. The highest BCUT2D eigenvalue weighted by Gasteiger charge is 2.10. The van der Waals surface area contributed by atoms with Gasteiger partial charge in [0.15, 0.2) is 0 Å². The van der Waals surface area contributed by atoms with Crippen LogP contribution in [0.1, 0.15) is 97.3 Å². The zero-order chi connectivity index (χ0) is 25.2. The van der Waals surface area contributed by atoms with E-state index in [2.05, 4.69) is 65.0 Å². The normalized spacial score (nSPS) is 11.3. The van der Waals surface area contributed by atoms with Crippen LogP contribution in [-0.4, -0.2) is 5.75 Å². The first-order valence-corrected chi connectivity index (χ1v) is 13.4. The molecule has 2 aromatic rings. The third kappa shape index (κ3) is 11.7. The van der Waals surface area contributed by atoms with Gasteiger partial charge in [0.05, 0.1) is 0 Å². The van der Waals surface area contributed by atoms with Crippen molar-refractivity contribution in [3.05, 3.63) is 76.9 Å². The fourth-order valence-corrected chi connectivity index (χ4v) is 4.01. The van der Waals surface area contributed by atoms with Crippen molar-refractivity contribution in [3.8, 4) is 0 Å². The Bertz CT molecular complexity index is 843. The molecule has 0 aliphatic rings. The number of allylic oxidation sites excluding steroid dienone is 4. The SMILES string of the molecule is CC.CC/C=C\C(=C(/C)c1cc(F)cc(F)c1)c1ccc(C)c(SCCCC)c1.CCCC. The molecular weight excluding hydrogens is 430 g/mol. The van der Waals surface area contributed by atoms with Gasteiger partial charge in [0.2, 0.25) is 0 Å². The van der Waals surface area contributed by atoms with Gasteiger partial charge in [-0.15, -0.1) is 11.8 Å². The summed E-state index contributed by atoms with van der Waals surface area (Å²) in [6.45, 7) is 16.7. The molecule has 0 saturated heterocycles. The molecule has 0 saturated carbocycles. The standard InChI is InChI=1S/C24H28F2S.C4H10.C2H6/c1-5-7-9-23(18(4)20-13-21(25)16-22(26)14-20)19-11-10-17(3)24(15-19)27-12-8-6-2;1-3-4-2;1-2/h7,9-11,13-16H,5-6,8,12H2,1-4H3;3-4H2,1-2H3;1-2H3/b9-7-,23-18-;;. The molecule has 184 valence electrons. The van der Waals surface area contributed by atoms with Crippen LogP contribution in [0.15, 0.2) is 53.4 Å². The van der Waals surface area contributed by atoms with Crippen molar-refractivity contribution in [2.24, 2.45) is 0 Å². The van der Waals surface area contributed by atoms with E-state index in [1.807, 2.05) is 32.5 Å². The molecule has 0 fully saturated rings. The molecule has 0 bridgehead atoms. The number of hydrogen-bond donors (Lipinski definition) is 0. The van der Waals surface area contributed by atoms with Gasteiger partial charge in [-0.05, 0) is 78.5 Å². The Morgan fingerprint density at radius 3 is 1.97 bits per heavy atom. The molecule has 0 aromatic heterocycles. The number of benzene rings is 2. The van der Waals surface area contributed by atoms with Crippen molar-refractivity contribution < 1.29 is 8.78 Å². The Labute approximate surface area is 206 Å². The number of rotatable bonds is 9. The topological polar surface area (TPSA) is 0 Å². The van der Waals surface area contributed by atoms with Gasteiger partial charge in [0.1, 0.15) is 11.6 Å². The quantitative estimate of drug-likeness (QED) is 0.151. The molecule has 0 amide bonds. The second-order valence-electron chi connectivity index (χ2n) is 7.69. The third-order valence-electron chi connectivity index (χ3n) is 4.97. The lowest BCUT2D eigenvalue weighted by Crippen LogP contribution is -1.92. The summed E-state index contributed by atoms with van der Waals surface area (Å²) in [5, 5.41) is 0. The van der Waals surface area contributed by atoms with E-state index >= 15 is 0 Å². The summed E-state index contributed by atoms with van der Waals surface area (Å²) in [4.78, 5) is 1.27. The first-order valence-electron chi connectivity index (χ1n) is 12.4. The van der Waals surface area contributed by atoms with E-state index in [1.165, 1.54) is 48.3 Å². The Balaban J connectivity index is 0.00000154. The van der Waals surface area contributed by atoms with E-state index in [0.29, 0.717) is 5.56 Å². The van der Waals surface area contributed by atoms with Crippen LogP contribution in [0.5, 0.6) is 0 Å². The molecule has 0 atom stereocenters. The minimum Gasteiger partial charge on any atom is -0.207 e. The first-order chi connectivity index (χ1) is 15.9. The molecule has 0 N–H and O–H groups in total. The second kappa shape index (κ2) is 18.5. The average Bonchev–Trinajstić information content (AvgIpc) is 2.81. The number of unbranched alkanes of at least 4 members (excludes halogenated alkanes) is 2. The third-order valence-corrected chi connectivity index (χ3v) is 6.22. The predicted octanol–water partition coefficient (Wildman–Crippen LogP) is 10.9. The van der Waals surface area contributed by atoms with Gasteiger partial charge in [0, 0.05) is 11.0 Å². The second-order valence-corrected chi connectivity index (χ2v) is 8.83. The van der Waals surface area contributed by atoms with Crippen LogP contribution in [0, 0.1) is 18.6 Å². The molecule has 2 aromatic carbocycles. The number of thioether (sulfide) groups is 1. The number of halogens is 2. The predicted molar refractivity (Wildman–Crippen MR) is 147 cm³/mol. The Morgan fingerprint density at radius 2 is 1.45 bits per heavy atom. The van der Waals surface area contributed by atoms with Crippen molar-refractivity contribution in [3.63, 3.8) is 0 Å². The van der Waals surface area contributed by atoms with E-state index in [9.17, 15) is 8.78 Å². The highest BCUT2D eigenvalue weighted by molar-refractivity contribution is 7.99. The monoisotopic (exact) mass is 474 g/mol. The molecule has 0 unspecified atom stereocenters. The lowest BCUT2D eigenvalue weighted by Gasteiger charge is -2.13. The van der Waals surface area contributed by atoms with Crippen molar-refractivity contribution >= 4 is 22.9 Å². The molecule has 0 heterocycles. The van der Waals surface area contributed by atoms with Crippen LogP contribution < -0.4 is 0 Å². The van der Waals surface area contributed by atoms with Gasteiger partial charge in [-0.1, -0.05) is 85.1 Å². The van der Waals surface area contributed by atoms with Crippen molar-refractivity contribution in [1.82, 2.24) is 0 Å². The van der Waals surface area contributed by atoms with Crippen LogP contribution in [0.2, 0.25) is 0 Å². The smallest absolute Gasteiger partial charge is 0.126 e. The van der Waals surface area contributed by atoms with Gasteiger partial charge in [-0.25, -0.2) is 8.78 Å². The Morgan fingerprint density at radius 1 is 0.848 bits per heavy atom. The van der Waals surface area contributed by atoms with E-state index in [0.717, 1.165) is 34.9 Å².